The van der Waals surface area contributed by atoms with Crippen LogP contribution in [0, 0.1) is 0 Å². The van der Waals surface area contributed by atoms with Crippen LogP contribution in [0.1, 0.15) is 47.2 Å². The molecule has 8 aromatic carbocycles. The van der Waals surface area contributed by atoms with E-state index in [1.165, 1.54) is 72.1 Å². The molecule has 1 nitrogen and oxygen atoms in total. The lowest BCUT2D eigenvalue weighted by Crippen LogP contribution is -2.28. The zero-order chi connectivity index (χ0) is 34.2. The van der Waals surface area contributed by atoms with E-state index in [4.69, 9.17) is 0 Å². The lowest BCUT2D eigenvalue weighted by Gasteiger charge is -2.35. The molecule has 0 aliphatic heterocycles. The lowest BCUT2D eigenvalue weighted by atomic mass is 9.67. The van der Waals surface area contributed by atoms with Crippen LogP contribution in [0.4, 0.5) is 17.1 Å². The first-order valence-corrected chi connectivity index (χ1v) is 18.0. The summed E-state index contributed by atoms with van der Waals surface area (Å²) in [7, 11) is 0. The van der Waals surface area contributed by atoms with Crippen molar-refractivity contribution in [1.82, 2.24) is 0 Å². The molecule has 8 aromatic rings. The fourth-order valence-corrected chi connectivity index (χ4v) is 9.30. The third-order valence-corrected chi connectivity index (χ3v) is 11.5. The molecule has 0 N–H and O–H groups in total. The van der Waals surface area contributed by atoms with Crippen LogP contribution < -0.4 is 4.90 Å². The number of hydrogen-bond acceptors (Lipinski definition) is 1. The summed E-state index contributed by atoms with van der Waals surface area (Å²) < 4.78 is 0. The lowest BCUT2D eigenvalue weighted by molar-refractivity contribution is 0.660. The Morgan fingerprint density at radius 3 is 1.59 bits per heavy atom. The number of nitrogens with zero attached hydrogens (tertiary/aromatic N) is 1. The van der Waals surface area contributed by atoms with Crippen molar-refractivity contribution < 1.29 is 0 Å². The summed E-state index contributed by atoms with van der Waals surface area (Å²) in [6, 6.07) is 69.7. The Kier molecular flexibility index (Phi) is 6.51. The quantitative estimate of drug-likeness (QED) is 0.179. The van der Waals surface area contributed by atoms with Gasteiger partial charge in [-0.2, -0.15) is 0 Å². The van der Waals surface area contributed by atoms with Gasteiger partial charge >= 0.3 is 0 Å². The molecule has 0 heterocycles. The van der Waals surface area contributed by atoms with Gasteiger partial charge in [-0.15, -0.1) is 0 Å². The van der Waals surface area contributed by atoms with Gasteiger partial charge in [0.15, 0.2) is 0 Å². The van der Waals surface area contributed by atoms with Crippen molar-refractivity contribution in [2.24, 2.45) is 0 Å². The van der Waals surface area contributed by atoms with E-state index in [1.54, 1.807) is 0 Å². The molecule has 0 amide bonds. The van der Waals surface area contributed by atoms with Crippen LogP contribution in [0.5, 0.6) is 0 Å². The Bertz CT molecular complexity index is 2560. The molecule has 10 rings (SSSR count). The number of rotatable bonds is 5. The highest BCUT2D eigenvalue weighted by molar-refractivity contribution is 6.11. The standard InChI is InChI=1S/C50H37N/c1-49(2)43-28-16-14-24-38(43)39-31-30-37(32-45(39)49)51(36-22-10-5-11-23-36)47-33-46-48(41-26-13-12-25-40(41)47)42-27-15-17-29-44(42)50(46,34-18-6-3-7-19-34)35-20-8-4-9-21-35/h3-33H,1-2H3. The van der Waals surface area contributed by atoms with E-state index in [0.717, 1.165) is 11.4 Å². The zero-order valence-corrected chi connectivity index (χ0v) is 28.8. The summed E-state index contributed by atoms with van der Waals surface area (Å²) >= 11 is 0. The first-order chi connectivity index (χ1) is 25.1. The van der Waals surface area contributed by atoms with E-state index >= 15 is 0 Å². The van der Waals surface area contributed by atoms with Gasteiger partial charge in [-0.3, -0.25) is 0 Å². The topological polar surface area (TPSA) is 3.24 Å². The minimum Gasteiger partial charge on any atom is -0.310 e. The molecule has 2 aliphatic carbocycles. The largest absolute Gasteiger partial charge is 0.310 e. The molecule has 0 atom stereocenters. The molecule has 242 valence electrons. The molecular formula is C50H37N. The second kappa shape index (κ2) is 11.2. The Hall–Kier alpha value is -6.18. The van der Waals surface area contributed by atoms with Crippen LogP contribution in [-0.4, -0.2) is 0 Å². The van der Waals surface area contributed by atoms with Crippen molar-refractivity contribution in [3.63, 3.8) is 0 Å². The average Bonchev–Trinajstić information content (AvgIpc) is 3.62. The molecule has 2 aliphatic rings. The van der Waals surface area contributed by atoms with Crippen LogP contribution in [0.2, 0.25) is 0 Å². The molecule has 0 saturated heterocycles. The van der Waals surface area contributed by atoms with E-state index < -0.39 is 5.41 Å². The van der Waals surface area contributed by atoms with E-state index in [9.17, 15) is 0 Å². The smallest absolute Gasteiger partial charge is 0.0714 e. The summed E-state index contributed by atoms with van der Waals surface area (Å²) in [5.74, 6) is 0. The maximum Gasteiger partial charge on any atom is 0.0714 e. The van der Waals surface area contributed by atoms with Crippen LogP contribution in [-0.2, 0) is 10.8 Å². The van der Waals surface area contributed by atoms with E-state index in [0.29, 0.717) is 0 Å². The van der Waals surface area contributed by atoms with Gasteiger partial charge < -0.3 is 4.90 Å². The number of para-hydroxylation sites is 1. The molecular weight excluding hydrogens is 615 g/mol. The number of hydrogen-bond donors (Lipinski definition) is 0. The SMILES string of the molecule is CC1(C)c2ccccc2-c2ccc(N(c3ccccc3)c3cc4c(c5ccccc35)-c3ccccc3C4(c3ccccc3)c3ccccc3)cc21. The Balaban J connectivity index is 1.32. The molecule has 0 bridgehead atoms. The van der Waals surface area contributed by atoms with Crippen LogP contribution in [0.25, 0.3) is 33.0 Å². The summed E-state index contributed by atoms with van der Waals surface area (Å²) in [5.41, 5.74) is 16.1. The zero-order valence-electron chi connectivity index (χ0n) is 28.8. The van der Waals surface area contributed by atoms with Crippen molar-refractivity contribution in [2.75, 3.05) is 4.90 Å². The predicted octanol–water partition coefficient (Wildman–Crippen LogP) is 13.0. The van der Waals surface area contributed by atoms with Crippen molar-refractivity contribution in [3.8, 4) is 22.3 Å². The Labute approximate surface area is 300 Å². The molecule has 0 unspecified atom stereocenters. The van der Waals surface area contributed by atoms with Gasteiger partial charge in [-0.25, -0.2) is 0 Å². The van der Waals surface area contributed by atoms with Crippen molar-refractivity contribution >= 4 is 27.8 Å². The second-order valence-electron chi connectivity index (χ2n) is 14.5. The maximum absolute atomic E-state index is 2.51. The third-order valence-electron chi connectivity index (χ3n) is 11.5. The van der Waals surface area contributed by atoms with Gasteiger partial charge in [0.2, 0.25) is 0 Å². The van der Waals surface area contributed by atoms with Gasteiger partial charge in [-0.1, -0.05) is 172 Å². The van der Waals surface area contributed by atoms with Gasteiger partial charge in [-0.05, 0) is 91.4 Å². The molecule has 0 radical (unpaired) electrons. The number of benzene rings is 8. The number of anilines is 3. The van der Waals surface area contributed by atoms with E-state index in [-0.39, 0.29) is 5.41 Å². The monoisotopic (exact) mass is 651 g/mol. The Morgan fingerprint density at radius 1 is 0.373 bits per heavy atom. The third kappa shape index (κ3) is 4.15. The molecule has 0 fully saturated rings. The van der Waals surface area contributed by atoms with Crippen LogP contribution in [0.3, 0.4) is 0 Å². The normalized spacial score (nSPS) is 14.4. The van der Waals surface area contributed by atoms with Crippen LogP contribution >= 0.6 is 0 Å². The van der Waals surface area contributed by atoms with Crippen LogP contribution in [0.15, 0.2) is 188 Å². The summed E-state index contributed by atoms with van der Waals surface area (Å²) in [6.45, 7) is 4.73. The highest BCUT2D eigenvalue weighted by atomic mass is 15.1. The van der Waals surface area contributed by atoms with Gasteiger partial charge in [0.05, 0.1) is 11.1 Å². The maximum atomic E-state index is 2.51. The molecule has 1 heteroatoms. The average molecular weight is 652 g/mol. The van der Waals surface area contributed by atoms with Crippen molar-refractivity contribution in [1.29, 1.82) is 0 Å². The van der Waals surface area contributed by atoms with Crippen molar-refractivity contribution in [3.05, 3.63) is 221 Å². The summed E-state index contributed by atoms with van der Waals surface area (Å²) in [6.07, 6.45) is 0. The first kappa shape index (κ1) is 29.7. The highest BCUT2D eigenvalue weighted by Gasteiger charge is 2.47. The van der Waals surface area contributed by atoms with Gasteiger partial charge in [0.25, 0.3) is 0 Å². The first-order valence-electron chi connectivity index (χ1n) is 18.0. The summed E-state index contributed by atoms with van der Waals surface area (Å²) in [5, 5.41) is 2.50. The second-order valence-corrected chi connectivity index (χ2v) is 14.5. The van der Waals surface area contributed by atoms with E-state index in [2.05, 4.69) is 207 Å². The molecule has 51 heavy (non-hydrogen) atoms. The fourth-order valence-electron chi connectivity index (χ4n) is 9.30. The van der Waals surface area contributed by atoms with E-state index in [1.807, 2.05) is 0 Å². The fraction of sp³-hybridized carbons (Fsp3) is 0.0800. The molecule has 0 spiro atoms. The van der Waals surface area contributed by atoms with Gasteiger partial charge in [0, 0.05) is 22.2 Å². The predicted molar refractivity (Wildman–Crippen MR) is 213 cm³/mol. The van der Waals surface area contributed by atoms with Gasteiger partial charge in [0.1, 0.15) is 0 Å². The Morgan fingerprint density at radius 2 is 0.902 bits per heavy atom. The summed E-state index contributed by atoms with van der Waals surface area (Å²) in [4.78, 5) is 2.49. The number of fused-ring (bicyclic) bond motifs is 8. The minimum atomic E-state index is -0.503. The van der Waals surface area contributed by atoms with Crippen molar-refractivity contribution in [2.45, 2.75) is 24.7 Å². The molecule has 0 saturated carbocycles. The minimum absolute atomic E-state index is 0.109. The molecule has 0 aromatic heterocycles. The highest BCUT2D eigenvalue weighted by Crippen LogP contribution is 2.60.